The summed E-state index contributed by atoms with van der Waals surface area (Å²) in [4.78, 5) is 17.5. The summed E-state index contributed by atoms with van der Waals surface area (Å²) in [5.41, 5.74) is -3.90. The van der Waals surface area contributed by atoms with Crippen LogP contribution < -0.4 is 0 Å². The molecule has 0 aromatic heterocycles. The van der Waals surface area contributed by atoms with Gasteiger partial charge in [-0.3, -0.25) is 4.79 Å². The fourth-order valence-corrected chi connectivity index (χ4v) is 5.82. The Morgan fingerprint density at radius 3 is 2.23 bits per heavy atom. The van der Waals surface area contributed by atoms with Crippen molar-refractivity contribution in [2.24, 2.45) is 9.52 Å². The SMILES string of the molecule is Cc1cc(C2=NOC(c3cc(Cl)cc(Cl)c3)(C(F)(F)F)C2)ccc1C(=O)N=S(C)(=O)c1cccc(C(F)(F)F)c1. The summed E-state index contributed by atoms with van der Waals surface area (Å²) >= 11 is 11.8. The largest absolute Gasteiger partial charge is 0.435 e. The first-order chi connectivity index (χ1) is 18.4. The number of amides is 1. The Bertz CT molecular complexity index is 1640. The van der Waals surface area contributed by atoms with Crippen molar-refractivity contribution in [3.05, 3.63) is 98.5 Å². The van der Waals surface area contributed by atoms with E-state index in [1.54, 1.807) is 0 Å². The van der Waals surface area contributed by atoms with Gasteiger partial charge in [-0.2, -0.15) is 30.7 Å². The van der Waals surface area contributed by atoms with E-state index < -0.39 is 45.6 Å². The number of halogens is 8. The van der Waals surface area contributed by atoms with Crippen molar-refractivity contribution in [1.82, 2.24) is 0 Å². The van der Waals surface area contributed by atoms with Crippen LogP contribution in [-0.2, 0) is 26.3 Å². The second kappa shape index (κ2) is 10.4. The van der Waals surface area contributed by atoms with Gasteiger partial charge in [-0.05, 0) is 66.6 Å². The third-order valence-corrected chi connectivity index (χ3v) is 8.24. The molecule has 0 fully saturated rings. The summed E-state index contributed by atoms with van der Waals surface area (Å²) < 4.78 is 98.7. The molecule has 5 nitrogen and oxygen atoms in total. The van der Waals surface area contributed by atoms with Gasteiger partial charge in [0.05, 0.1) is 21.0 Å². The molecule has 1 amide bonds. The molecular weight excluding hydrogens is 605 g/mol. The smallest absolute Gasteiger partial charge is 0.374 e. The van der Waals surface area contributed by atoms with Gasteiger partial charge in [0, 0.05) is 38.7 Å². The quantitative estimate of drug-likeness (QED) is 0.275. The lowest BCUT2D eigenvalue weighted by Gasteiger charge is -2.29. The van der Waals surface area contributed by atoms with Gasteiger partial charge < -0.3 is 4.84 Å². The maximum atomic E-state index is 14.3. The first kappa shape index (κ1) is 29.9. The zero-order chi connectivity index (χ0) is 29.7. The molecule has 1 heterocycles. The van der Waals surface area contributed by atoms with Crippen molar-refractivity contribution in [2.75, 3.05) is 6.26 Å². The predicted molar refractivity (Wildman–Crippen MR) is 138 cm³/mol. The fraction of sp³-hybridized carbons (Fsp3) is 0.231. The lowest BCUT2D eigenvalue weighted by Crippen LogP contribution is -2.42. The molecule has 3 aromatic rings. The molecule has 0 saturated carbocycles. The van der Waals surface area contributed by atoms with Gasteiger partial charge in [0.2, 0.25) is 0 Å². The van der Waals surface area contributed by atoms with Crippen molar-refractivity contribution in [2.45, 2.75) is 36.2 Å². The Labute approximate surface area is 234 Å². The summed E-state index contributed by atoms with van der Waals surface area (Å²) in [6, 6.07) is 11.1. The molecule has 2 atom stereocenters. The number of alkyl halides is 6. The number of nitrogens with zero attached hydrogens (tertiary/aromatic N) is 2. The van der Waals surface area contributed by atoms with Crippen molar-refractivity contribution >= 4 is 44.5 Å². The number of carbonyl (C=O) groups excluding carboxylic acids is 1. The molecule has 1 aliphatic rings. The molecule has 212 valence electrons. The van der Waals surface area contributed by atoms with Gasteiger partial charge in [-0.25, -0.2) is 4.21 Å². The van der Waals surface area contributed by atoms with E-state index in [0.717, 1.165) is 30.5 Å². The van der Waals surface area contributed by atoms with E-state index in [4.69, 9.17) is 28.0 Å². The predicted octanol–water partition coefficient (Wildman–Crippen LogP) is 8.20. The molecule has 14 heteroatoms. The molecule has 40 heavy (non-hydrogen) atoms. The highest BCUT2D eigenvalue weighted by Gasteiger charge is 2.62. The molecule has 4 rings (SSSR count). The van der Waals surface area contributed by atoms with E-state index in [2.05, 4.69) is 9.52 Å². The highest BCUT2D eigenvalue weighted by atomic mass is 35.5. The monoisotopic (exact) mass is 622 g/mol. The van der Waals surface area contributed by atoms with Gasteiger partial charge in [-0.15, -0.1) is 0 Å². The van der Waals surface area contributed by atoms with E-state index in [0.29, 0.717) is 6.07 Å². The standard InChI is InChI=1S/C26H18Cl2F6N2O3S/c1-14-8-15(22-13-24(39-35-22,26(32,33)34)17-9-18(27)12-19(28)10-17)6-7-21(14)23(37)36-40(2,38)20-5-3-4-16(11-20)25(29,30)31/h3-12H,13H2,1-2H3. The van der Waals surface area contributed by atoms with Crippen LogP contribution in [0, 0.1) is 6.92 Å². The number of rotatable bonds is 4. The molecule has 0 spiro atoms. The Hall–Kier alpha value is -3.09. The minimum absolute atomic E-state index is 0.0247. The lowest BCUT2D eigenvalue weighted by atomic mass is 9.86. The van der Waals surface area contributed by atoms with Crippen molar-refractivity contribution < 1.29 is 40.2 Å². The molecule has 1 aliphatic heterocycles. The van der Waals surface area contributed by atoms with Crippen LogP contribution in [0.4, 0.5) is 26.3 Å². The van der Waals surface area contributed by atoms with Crippen LogP contribution in [-0.4, -0.2) is 28.3 Å². The molecule has 3 aromatic carbocycles. The lowest BCUT2D eigenvalue weighted by molar-refractivity contribution is -0.275. The second-order valence-corrected chi connectivity index (χ2v) is 12.2. The minimum Gasteiger partial charge on any atom is -0.374 e. The van der Waals surface area contributed by atoms with Gasteiger partial charge >= 0.3 is 12.4 Å². The van der Waals surface area contributed by atoms with Crippen LogP contribution >= 0.6 is 23.2 Å². The van der Waals surface area contributed by atoms with E-state index in [1.165, 1.54) is 37.3 Å². The Morgan fingerprint density at radius 1 is 1.00 bits per heavy atom. The molecular formula is C26H18Cl2F6N2O3S. The molecule has 0 N–H and O–H groups in total. The van der Waals surface area contributed by atoms with Crippen LogP contribution in [0.5, 0.6) is 0 Å². The third-order valence-electron chi connectivity index (χ3n) is 6.16. The zero-order valence-electron chi connectivity index (χ0n) is 20.5. The number of oxime groups is 1. The van der Waals surface area contributed by atoms with E-state index in [-0.39, 0.29) is 42.9 Å². The highest BCUT2D eigenvalue weighted by Crippen LogP contribution is 2.49. The Kier molecular flexibility index (Phi) is 7.76. The van der Waals surface area contributed by atoms with E-state index >= 15 is 0 Å². The molecule has 0 saturated heterocycles. The molecule has 0 radical (unpaired) electrons. The van der Waals surface area contributed by atoms with Gasteiger partial charge in [0.1, 0.15) is 0 Å². The fourth-order valence-electron chi connectivity index (χ4n) is 4.10. The summed E-state index contributed by atoms with van der Waals surface area (Å²) in [6.45, 7) is 1.47. The minimum atomic E-state index is -4.90. The molecule has 0 aliphatic carbocycles. The topological polar surface area (TPSA) is 68.1 Å². The van der Waals surface area contributed by atoms with Crippen molar-refractivity contribution in [3.8, 4) is 0 Å². The van der Waals surface area contributed by atoms with E-state index in [1.807, 2.05) is 0 Å². The number of hydrogen-bond acceptors (Lipinski definition) is 4. The summed E-state index contributed by atoms with van der Waals surface area (Å²) in [7, 11) is -3.57. The van der Waals surface area contributed by atoms with Crippen LogP contribution in [0.2, 0.25) is 10.0 Å². The summed E-state index contributed by atoms with van der Waals surface area (Å²) in [5.74, 6) is -0.975. The number of benzene rings is 3. The van der Waals surface area contributed by atoms with Gasteiger partial charge in [0.25, 0.3) is 11.5 Å². The maximum absolute atomic E-state index is 14.3. The first-order valence-corrected chi connectivity index (χ1v) is 13.9. The summed E-state index contributed by atoms with van der Waals surface area (Å²) in [6.07, 6.45) is -9.27. The second-order valence-electron chi connectivity index (χ2n) is 9.04. The Morgan fingerprint density at radius 2 is 1.65 bits per heavy atom. The number of hydrogen-bond donors (Lipinski definition) is 0. The number of carbonyl (C=O) groups is 1. The maximum Gasteiger partial charge on any atom is 0.435 e. The molecule has 0 bridgehead atoms. The average Bonchev–Trinajstić information content (AvgIpc) is 3.30. The first-order valence-electron chi connectivity index (χ1n) is 11.3. The van der Waals surface area contributed by atoms with Crippen LogP contribution in [0.3, 0.4) is 0 Å². The zero-order valence-corrected chi connectivity index (χ0v) is 22.9. The van der Waals surface area contributed by atoms with Crippen LogP contribution in [0.25, 0.3) is 0 Å². The van der Waals surface area contributed by atoms with E-state index in [9.17, 15) is 35.3 Å². The highest BCUT2D eigenvalue weighted by molar-refractivity contribution is 7.93. The van der Waals surface area contributed by atoms with Crippen LogP contribution in [0.1, 0.15) is 39.0 Å². The Balaban J connectivity index is 1.64. The molecule has 2 unspecified atom stereocenters. The van der Waals surface area contributed by atoms with Crippen molar-refractivity contribution in [1.29, 1.82) is 0 Å². The van der Waals surface area contributed by atoms with Crippen LogP contribution in [0.15, 0.2) is 75.1 Å². The van der Waals surface area contributed by atoms with Crippen molar-refractivity contribution in [3.63, 3.8) is 0 Å². The van der Waals surface area contributed by atoms with Gasteiger partial charge in [0.15, 0.2) is 0 Å². The third kappa shape index (κ3) is 5.84. The number of aryl methyl sites for hydroxylation is 1. The van der Waals surface area contributed by atoms with Gasteiger partial charge in [-0.1, -0.05) is 40.5 Å². The summed E-state index contributed by atoms with van der Waals surface area (Å²) in [5, 5.41) is 3.62. The average molecular weight is 623 g/mol. The normalized spacial score (nSPS) is 19.0.